The van der Waals surface area contributed by atoms with Gasteiger partial charge in [0.25, 0.3) is 0 Å². The number of aliphatic hydroxyl groups is 1. The maximum absolute atomic E-state index is 10.7. The quantitative estimate of drug-likeness (QED) is 0.557. The zero-order valence-electron chi connectivity index (χ0n) is 15.0. The first-order valence-electron chi connectivity index (χ1n) is 8.80. The Kier molecular flexibility index (Phi) is 5.26. The number of rotatable bonds is 6. The molecular formula is C21H18N6O. The van der Waals surface area contributed by atoms with E-state index in [0.29, 0.717) is 11.6 Å². The summed E-state index contributed by atoms with van der Waals surface area (Å²) >= 11 is 0. The van der Waals surface area contributed by atoms with E-state index in [0.717, 1.165) is 16.8 Å². The Hall–Kier alpha value is -3.71. The van der Waals surface area contributed by atoms with Gasteiger partial charge in [-0.15, -0.1) is 0 Å². The molecule has 0 fully saturated rings. The second kappa shape index (κ2) is 8.32. The molecule has 0 aromatic carbocycles. The Bertz CT molecular complexity index is 1010. The summed E-state index contributed by atoms with van der Waals surface area (Å²) in [6, 6.07) is 15.0. The van der Waals surface area contributed by atoms with Crippen molar-refractivity contribution in [2.75, 3.05) is 11.4 Å². The normalized spacial score (nSPS) is 11.8. The third-order valence-corrected chi connectivity index (χ3v) is 4.26. The van der Waals surface area contributed by atoms with Crippen molar-refractivity contribution in [2.24, 2.45) is 0 Å². The van der Waals surface area contributed by atoms with E-state index in [9.17, 15) is 5.11 Å². The molecule has 4 aromatic rings. The van der Waals surface area contributed by atoms with E-state index >= 15 is 0 Å². The van der Waals surface area contributed by atoms with Crippen LogP contribution in [0.15, 0.2) is 85.8 Å². The van der Waals surface area contributed by atoms with Gasteiger partial charge in [-0.3, -0.25) is 9.97 Å². The van der Waals surface area contributed by atoms with Crippen LogP contribution in [0.4, 0.5) is 11.6 Å². The third kappa shape index (κ3) is 3.99. The largest absolute Gasteiger partial charge is 0.387 e. The van der Waals surface area contributed by atoms with Crippen molar-refractivity contribution in [1.29, 1.82) is 0 Å². The highest BCUT2D eigenvalue weighted by Crippen LogP contribution is 2.27. The SMILES string of the molecule is OC(CN(c1ccncn1)c1cccc(-c2cccnc2)n1)c1ccncc1. The summed E-state index contributed by atoms with van der Waals surface area (Å²) in [5.74, 6) is 1.33. The zero-order chi connectivity index (χ0) is 19.2. The lowest BCUT2D eigenvalue weighted by Gasteiger charge is -2.25. The molecule has 0 amide bonds. The molecule has 7 heteroatoms. The van der Waals surface area contributed by atoms with Crippen molar-refractivity contribution < 1.29 is 5.11 Å². The highest BCUT2D eigenvalue weighted by Gasteiger charge is 2.18. The Balaban J connectivity index is 1.70. The van der Waals surface area contributed by atoms with Gasteiger partial charge in [0, 0.05) is 36.5 Å². The standard InChI is InChI=1S/C21H18N6O/c28-19(16-6-10-22-11-7-16)14-27(20-8-12-24-15-25-20)21-5-1-4-18(26-21)17-3-2-9-23-13-17/h1-13,15,19,28H,14H2. The lowest BCUT2D eigenvalue weighted by Crippen LogP contribution is -2.25. The summed E-state index contributed by atoms with van der Waals surface area (Å²) in [5.41, 5.74) is 2.49. The summed E-state index contributed by atoms with van der Waals surface area (Å²) in [4.78, 5) is 23.1. The molecule has 0 aliphatic rings. The fourth-order valence-corrected chi connectivity index (χ4v) is 2.86. The molecule has 0 bridgehead atoms. The van der Waals surface area contributed by atoms with Crippen LogP contribution < -0.4 is 4.90 Å². The predicted molar refractivity (Wildman–Crippen MR) is 106 cm³/mol. The molecule has 1 N–H and O–H groups in total. The van der Waals surface area contributed by atoms with Crippen LogP contribution >= 0.6 is 0 Å². The highest BCUT2D eigenvalue weighted by molar-refractivity contribution is 5.63. The summed E-state index contributed by atoms with van der Waals surface area (Å²) in [5, 5.41) is 10.7. The van der Waals surface area contributed by atoms with Gasteiger partial charge in [0.05, 0.1) is 18.3 Å². The van der Waals surface area contributed by atoms with Crippen LogP contribution in [0.2, 0.25) is 0 Å². The van der Waals surface area contributed by atoms with Crippen LogP contribution in [-0.2, 0) is 0 Å². The van der Waals surface area contributed by atoms with E-state index in [-0.39, 0.29) is 6.54 Å². The zero-order valence-corrected chi connectivity index (χ0v) is 15.0. The van der Waals surface area contributed by atoms with Crippen LogP contribution in [0, 0.1) is 0 Å². The van der Waals surface area contributed by atoms with Crippen molar-refractivity contribution in [2.45, 2.75) is 6.10 Å². The minimum Gasteiger partial charge on any atom is -0.387 e. The molecule has 0 spiro atoms. The molecule has 4 rings (SSSR count). The number of nitrogens with zero attached hydrogens (tertiary/aromatic N) is 6. The number of hydrogen-bond acceptors (Lipinski definition) is 7. The summed E-state index contributed by atoms with van der Waals surface area (Å²) < 4.78 is 0. The van der Waals surface area contributed by atoms with Gasteiger partial charge in [-0.1, -0.05) is 6.07 Å². The number of aromatic nitrogens is 5. The van der Waals surface area contributed by atoms with Crippen LogP contribution in [0.1, 0.15) is 11.7 Å². The highest BCUT2D eigenvalue weighted by atomic mass is 16.3. The van der Waals surface area contributed by atoms with E-state index < -0.39 is 6.10 Å². The average Bonchev–Trinajstić information content (AvgIpc) is 2.79. The maximum Gasteiger partial charge on any atom is 0.137 e. The molecule has 0 radical (unpaired) electrons. The van der Waals surface area contributed by atoms with Gasteiger partial charge in [0.15, 0.2) is 0 Å². The molecular weight excluding hydrogens is 352 g/mol. The minimum absolute atomic E-state index is 0.282. The fraction of sp³-hybridized carbons (Fsp3) is 0.0952. The van der Waals surface area contributed by atoms with Crippen molar-refractivity contribution >= 4 is 11.6 Å². The Morgan fingerprint density at radius 1 is 0.821 bits per heavy atom. The number of hydrogen-bond donors (Lipinski definition) is 1. The maximum atomic E-state index is 10.7. The van der Waals surface area contributed by atoms with Crippen LogP contribution in [0.25, 0.3) is 11.3 Å². The molecule has 0 saturated heterocycles. The first-order chi connectivity index (χ1) is 13.8. The third-order valence-electron chi connectivity index (χ3n) is 4.26. The van der Waals surface area contributed by atoms with Crippen molar-refractivity contribution in [1.82, 2.24) is 24.9 Å². The van der Waals surface area contributed by atoms with Gasteiger partial charge >= 0.3 is 0 Å². The molecule has 1 atom stereocenters. The van der Waals surface area contributed by atoms with Gasteiger partial charge in [0.2, 0.25) is 0 Å². The van der Waals surface area contributed by atoms with Gasteiger partial charge in [-0.05, 0) is 48.0 Å². The van der Waals surface area contributed by atoms with Crippen molar-refractivity contribution in [3.8, 4) is 11.3 Å². The lowest BCUT2D eigenvalue weighted by atomic mass is 10.1. The number of aliphatic hydroxyl groups excluding tert-OH is 1. The smallest absolute Gasteiger partial charge is 0.137 e. The van der Waals surface area contributed by atoms with E-state index in [1.807, 2.05) is 35.2 Å². The van der Waals surface area contributed by atoms with Gasteiger partial charge in [-0.2, -0.15) is 0 Å². The first kappa shape index (κ1) is 17.7. The lowest BCUT2D eigenvalue weighted by molar-refractivity contribution is 0.186. The monoisotopic (exact) mass is 370 g/mol. The molecule has 0 saturated carbocycles. The number of pyridine rings is 3. The predicted octanol–water partition coefficient (Wildman–Crippen LogP) is 3.20. The topological polar surface area (TPSA) is 87.9 Å². The van der Waals surface area contributed by atoms with E-state index in [2.05, 4.69) is 19.9 Å². The van der Waals surface area contributed by atoms with Crippen LogP contribution in [0.3, 0.4) is 0 Å². The molecule has 4 aromatic heterocycles. The fourth-order valence-electron chi connectivity index (χ4n) is 2.86. The second-order valence-electron chi connectivity index (χ2n) is 6.10. The molecule has 7 nitrogen and oxygen atoms in total. The Morgan fingerprint density at radius 3 is 2.43 bits per heavy atom. The van der Waals surface area contributed by atoms with Gasteiger partial charge in [0.1, 0.15) is 18.0 Å². The summed E-state index contributed by atoms with van der Waals surface area (Å²) in [6.07, 6.45) is 9.23. The average molecular weight is 370 g/mol. The minimum atomic E-state index is -0.734. The molecule has 28 heavy (non-hydrogen) atoms. The second-order valence-corrected chi connectivity index (χ2v) is 6.10. The first-order valence-corrected chi connectivity index (χ1v) is 8.80. The molecule has 4 heterocycles. The van der Waals surface area contributed by atoms with Gasteiger partial charge < -0.3 is 10.0 Å². The number of anilines is 2. The van der Waals surface area contributed by atoms with E-state index in [1.165, 1.54) is 6.33 Å². The summed E-state index contributed by atoms with van der Waals surface area (Å²) in [7, 11) is 0. The van der Waals surface area contributed by atoms with E-state index in [1.54, 1.807) is 49.2 Å². The Morgan fingerprint density at radius 2 is 1.68 bits per heavy atom. The Labute approximate surface area is 162 Å². The van der Waals surface area contributed by atoms with E-state index in [4.69, 9.17) is 4.98 Å². The molecule has 0 aliphatic heterocycles. The van der Waals surface area contributed by atoms with Crippen molar-refractivity contribution in [3.05, 3.63) is 91.4 Å². The van der Waals surface area contributed by atoms with Gasteiger partial charge in [-0.25, -0.2) is 15.0 Å². The molecule has 138 valence electrons. The van der Waals surface area contributed by atoms with Crippen molar-refractivity contribution in [3.63, 3.8) is 0 Å². The van der Waals surface area contributed by atoms with Crippen LogP contribution in [0.5, 0.6) is 0 Å². The molecule has 0 aliphatic carbocycles. The summed E-state index contributed by atoms with van der Waals surface area (Å²) in [6.45, 7) is 0.282. The molecule has 1 unspecified atom stereocenters. The van der Waals surface area contributed by atoms with Crippen LogP contribution in [-0.4, -0.2) is 36.6 Å².